The van der Waals surface area contributed by atoms with Crippen LogP contribution in [-0.4, -0.2) is 20.7 Å². The Bertz CT molecular complexity index is 930. The number of hydrogen-bond acceptors (Lipinski definition) is 4. The minimum Gasteiger partial charge on any atom is -0.269 e. The molecule has 1 aromatic carbocycles. The fourth-order valence-corrected chi connectivity index (χ4v) is 3.48. The van der Waals surface area contributed by atoms with E-state index in [2.05, 4.69) is 10.1 Å². The lowest BCUT2D eigenvalue weighted by atomic mass is 10.2. The predicted molar refractivity (Wildman–Crippen MR) is 102 cm³/mol. The van der Waals surface area contributed by atoms with Crippen molar-refractivity contribution >= 4 is 45.7 Å². The van der Waals surface area contributed by atoms with Gasteiger partial charge in [0.05, 0.1) is 17.1 Å². The Morgan fingerprint density at radius 1 is 1.28 bits per heavy atom. The second kappa shape index (κ2) is 7.21. The maximum Gasteiger partial charge on any atom is 0.257 e. The van der Waals surface area contributed by atoms with Crippen molar-refractivity contribution in [3.8, 4) is 0 Å². The van der Waals surface area contributed by atoms with Gasteiger partial charge in [-0.3, -0.25) is 14.4 Å². The van der Waals surface area contributed by atoms with Crippen LogP contribution < -0.4 is 4.90 Å². The normalized spacial score (nSPS) is 11.2. The van der Waals surface area contributed by atoms with Gasteiger partial charge in [-0.05, 0) is 32.1 Å². The zero-order valence-electron chi connectivity index (χ0n) is 14.1. The maximum atomic E-state index is 12.9. The fourth-order valence-electron chi connectivity index (χ4n) is 2.42. The topological polar surface area (TPSA) is 51.0 Å². The van der Waals surface area contributed by atoms with Crippen molar-refractivity contribution in [2.75, 3.05) is 4.90 Å². The number of halogens is 1. The summed E-state index contributed by atoms with van der Waals surface area (Å²) in [5.41, 5.74) is 3.15. The molecule has 2 aromatic heterocycles. The molecule has 0 aliphatic carbocycles. The Balaban J connectivity index is 1.96. The van der Waals surface area contributed by atoms with E-state index in [1.54, 1.807) is 22.7 Å². The molecule has 25 heavy (non-hydrogen) atoms. The molecule has 0 saturated carbocycles. The number of benzene rings is 1. The first-order valence-electron chi connectivity index (χ1n) is 7.66. The summed E-state index contributed by atoms with van der Waals surface area (Å²) in [6.07, 6.45) is 3.20. The van der Waals surface area contributed by atoms with Crippen LogP contribution in [0.2, 0.25) is 5.15 Å². The highest BCUT2D eigenvalue weighted by atomic mass is 35.5. The highest BCUT2D eigenvalue weighted by molar-refractivity contribution is 7.14. The summed E-state index contributed by atoms with van der Waals surface area (Å²) in [6, 6.07) is 9.45. The molecule has 0 aliphatic rings. The summed E-state index contributed by atoms with van der Waals surface area (Å²) in [4.78, 5) is 18.9. The van der Waals surface area contributed by atoms with Crippen molar-refractivity contribution in [1.82, 2.24) is 14.8 Å². The monoisotopic (exact) mass is 372 g/mol. The van der Waals surface area contributed by atoms with Crippen LogP contribution in [0.4, 0.5) is 10.8 Å². The first-order chi connectivity index (χ1) is 12.0. The number of carbonyl (C=O) groups excluding carboxylic acids is 1. The van der Waals surface area contributed by atoms with Crippen molar-refractivity contribution in [3.05, 3.63) is 63.9 Å². The Morgan fingerprint density at radius 3 is 2.56 bits per heavy atom. The molecule has 3 rings (SSSR count). The molecule has 0 bridgehead atoms. The van der Waals surface area contributed by atoms with E-state index in [9.17, 15) is 4.79 Å². The minimum absolute atomic E-state index is 0.195. The van der Waals surface area contributed by atoms with E-state index in [0.29, 0.717) is 10.3 Å². The summed E-state index contributed by atoms with van der Waals surface area (Å²) >= 11 is 7.66. The molecule has 7 heteroatoms. The van der Waals surface area contributed by atoms with Crippen LogP contribution in [0, 0.1) is 13.8 Å². The number of carbonyl (C=O) groups is 1. The van der Waals surface area contributed by atoms with Crippen LogP contribution in [0.15, 0.2) is 41.8 Å². The Labute approximate surface area is 155 Å². The molecule has 0 radical (unpaired) electrons. The number of amides is 1. The van der Waals surface area contributed by atoms with Gasteiger partial charge in [0.25, 0.3) is 5.91 Å². The highest BCUT2D eigenvalue weighted by Crippen LogP contribution is 2.29. The molecule has 0 atom stereocenters. The second-order valence-electron chi connectivity index (χ2n) is 5.53. The maximum absolute atomic E-state index is 12.9. The van der Waals surface area contributed by atoms with E-state index < -0.39 is 0 Å². The third-order valence-electron chi connectivity index (χ3n) is 3.62. The van der Waals surface area contributed by atoms with Gasteiger partial charge in [0.15, 0.2) is 5.13 Å². The van der Waals surface area contributed by atoms with Gasteiger partial charge in [0, 0.05) is 24.1 Å². The van der Waals surface area contributed by atoms with Gasteiger partial charge < -0.3 is 0 Å². The molecule has 5 nitrogen and oxygen atoms in total. The first kappa shape index (κ1) is 17.4. The van der Waals surface area contributed by atoms with E-state index in [0.717, 1.165) is 22.6 Å². The highest BCUT2D eigenvalue weighted by Gasteiger charge is 2.19. The van der Waals surface area contributed by atoms with Crippen LogP contribution in [0.3, 0.4) is 0 Å². The molecule has 3 aromatic rings. The fraction of sp³-hybridized carbons (Fsp3) is 0.167. The molecule has 0 saturated heterocycles. The lowest BCUT2D eigenvalue weighted by molar-refractivity contribution is -0.113. The minimum atomic E-state index is -0.195. The van der Waals surface area contributed by atoms with Gasteiger partial charge in [-0.1, -0.05) is 29.8 Å². The lowest BCUT2D eigenvalue weighted by Crippen LogP contribution is -2.23. The van der Waals surface area contributed by atoms with Crippen LogP contribution in [0.5, 0.6) is 0 Å². The summed E-state index contributed by atoms with van der Waals surface area (Å²) in [6.45, 7) is 3.76. The van der Waals surface area contributed by atoms with Crippen molar-refractivity contribution in [3.63, 3.8) is 0 Å². The third kappa shape index (κ3) is 3.65. The Morgan fingerprint density at radius 2 is 2.00 bits per heavy atom. The molecule has 0 spiro atoms. The van der Waals surface area contributed by atoms with Crippen LogP contribution in [0.25, 0.3) is 6.08 Å². The van der Waals surface area contributed by atoms with Gasteiger partial charge in [0.1, 0.15) is 5.15 Å². The molecule has 0 fully saturated rings. The smallest absolute Gasteiger partial charge is 0.257 e. The predicted octanol–water partition coefficient (Wildman–Crippen LogP) is 4.52. The van der Waals surface area contributed by atoms with Crippen molar-refractivity contribution in [2.24, 2.45) is 7.05 Å². The van der Waals surface area contributed by atoms with Crippen molar-refractivity contribution in [1.29, 1.82) is 0 Å². The lowest BCUT2D eigenvalue weighted by Gasteiger charge is -2.18. The molecule has 0 unspecified atom stereocenters. The van der Waals surface area contributed by atoms with Gasteiger partial charge >= 0.3 is 0 Å². The molecule has 0 N–H and O–H groups in total. The SMILES string of the molecule is Cc1csc(N(C(=O)/C=C/c2c(C)nn(C)c2Cl)c2ccccc2)n1. The number of aromatic nitrogens is 3. The van der Waals surface area contributed by atoms with Crippen molar-refractivity contribution in [2.45, 2.75) is 13.8 Å². The van der Waals surface area contributed by atoms with E-state index in [-0.39, 0.29) is 5.91 Å². The summed E-state index contributed by atoms with van der Waals surface area (Å²) < 4.78 is 1.58. The zero-order valence-corrected chi connectivity index (χ0v) is 15.7. The molecule has 128 valence electrons. The number of thiazole rings is 1. The van der Waals surface area contributed by atoms with Crippen LogP contribution in [-0.2, 0) is 11.8 Å². The number of para-hydroxylation sites is 1. The quantitative estimate of drug-likeness (QED) is 0.632. The van der Waals surface area contributed by atoms with Gasteiger partial charge in [0.2, 0.25) is 0 Å². The summed E-state index contributed by atoms with van der Waals surface area (Å²) in [7, 11) is 1.77. The standard InChI is InChI=1S/C18H17ClN4OS/c1-12-11-25-18(20-12)23(14-7-5-4-6-8-14)16(24)10-9-15-13(2)21-22(3)17(15)19/h4-11H,1-3H3/b10-9+. The molecule has 2 heterocycles. The molecular formula is C18H17ClN4OS. The number of anilines is 2. The molecule has 0 aliphatic heterocycles. The number of nitrogens with zero attached hydrogens (tertiary/aromatic N) is 4. The third-order valence-corrected chi connectivity index (χ3v) is 5.01. The van der Waals surface area contributed by atoms with Crippen LogP contribution in [0.1, 0.15) is 17.0 Å². The Kier molecular flexibility index (Phi) is 5.01. The van der Waals surface area contributed by atoms with E-state index >= 15 is 0 Å². The summed E-state index contributed by atoms with van der Waals surface area (Å²) in [5.74, 6) is -0.195. The summed E-state index contributed by atoms with van der Waals surface area (Å²) in [5, 5.41) is 7.30. The van der Waals surface area contributed by atoms with Gasteiger partial charge in [-0.25, -0.2) is 4.98 Å². The number of hydrogen-bond donors (Lipinski definition) is 0. The van der Waals surface area contributed by atoms with Crippen LogP contribution >= 0.6 is 22.9 Å². The van der Waals surface area contributed by atoms with Gasteiger partial charge in [-0.15, -0.1) is 11.3 Å². The van der Waals surface area contributed by atoms with E-state index in [4.69, 9.17) is 11.6 Å². The first-order valence-corrected chi connectivity index (χ1v) is 8.91. The number of rotatable bonds is 4. The van der Waals surface area contributed by atoms with Crippen molar-refractivity contribution < 1.29 is 4.79 Å². The largest absolute Gasteiger partial charge is 0.269 e. The zero-order chi connectivity index (χ0) is 18.0. The molecular weight excluding hydrogens is 356 g/mol. The van der Waals surface area contributed by atoms with E-state index in [1.165, 1.54) is 17.4 Å². The average molecular weight is 373 g/mol. The van der Waals surface area contributed by atoms with Gasteiger partial charge in [-0.2, -0.15) is 5.10 Å². The molecule has 1 amide bonds. The Hall–Kier alpha value is -2.44. The van der Waals surface area contributed by atoms with E-state index in [1.807, 2.05) is 49.6 Å². The average Bonchev–Trinajstić information content (AvgIpc) is 3.11. The second-order valence-corrected chi connectivity index (χ2v) is 6.72. The number of aryl methyl sites for hydroxylation is 3.